The van der Waals surface area contributed by atoms with Gasteiger partial charge >= 0.3 is 0 Å². The minimum atomic E-state index is 0.601. The van der Waals surface area contributed by atoms with E-state index in [0.29, 0.717) is 5.89 Å². The molecule has 0 unspecified atom stereocenters. The maximum atomic E-state index is 6.48. The first kappa shape index (κ1) is 21.7. The lowest BCUT2D eigenvalue weighted by Crippen LogP contribution is -2.10. The SMILES string of the molecule is c1ccc(-c2nc3c(N(c4ccccc4)c4ccc5c(c4)oc4ccccc45)cc4ccccc4c3o2)cc1. The van der Waals surface area contributed by atoms with Crippen LogP contribution in [0.25, 0.3) is 55.3 Å². The van der Waals surface area contributed by atoms with Crippen molar-refractivity contribution < 1.29 is 8.83 Å². The van der Waals surface area contributed by atoms with Crippen LogP contribution in [0.15, 0.2) is 142 Å². The Bertz CT molecular complexity index is 2130. The van der Waals surface area contributed by atoms with Crippen LogP contribution in [0.1, 0.15) is 0 Å². The molecule has 4 heteroatoms. The molecule has 6 aromatic carbocycles. The fraction of sp³-hybridized carbons (Fsp3) is 0. The number of fused-ring (bicyclic) bond motifs is 6. The van der Waals surface area contributed by atoms with Gasteiger partial charge in [-0.05, 0) is 53.9 Å². The lowest BCUT2D eigenvalue weighted by atomic mass is 10.1. The summed E-state index contributed by atoms with van der Waals surface area (Å²) in [5, 5.41) is 4.33. The van der Waals surface area contributed by atoms with Crippen LogP contribution in [0.3, 0.4) is 0 Å². The first-order chi connectivity index (χ1) is 19.3. The Kier molecular flexibility index (Phi) is 4.79. The molecule has 2 aromatic heterocycles. The summed E-state index contributed by atoms with van der Waals surface area (Å²) in [7, 11) is 0. The highest BCUT2D eigenvalue weighted by atomic mass is 16.3. The molecular formula is C35H22N2O2. The average molecular weight is 503 g/mol. The Labute approximate surface area is 224 Å². The Morgan fingerprint density at radius 1 is 0.513 bits per heavy atom. The second kappa shape index (κ2) is 8.61. The van der Waals surface area contributed by atoms with Gasteiger partial charge in [0.25, 0.3) is 0 Å². The predicted molar refractivity (Wildman–Crippen MR) is 159 cm³/mol. The largest absolute Gasteiger partial charge is 0.456 e. The molecular weight excluding hydrogens is 480 g/mol. The molecule has 0 saturated heterocycles. The van der Waals surface area contributed by atoms with Crippen molar-refractivity contribution in [3.8, 4) is 11.5 Å². The van der Waals surface area contributed by atoms with Crippen molar-refractivity contribution in [3.05, 3.63) is 133 Å². The first-order valence-corrected chi connectivity index (χ1v) is 13.0. The third-order valence-electron chi connectivity index (χ3n) is 7.26. The number of nitrogens with zero attached hydrogens (tertiary/aromatic N) is 2. The van der Waals surface area contributed by atoms with Gasteiger partial charge in [-0.1, -0.05) is 78.9 Å². The molecule has 0 aliphatic heterocycles. The minimum absolute atomic E-state index is 0.601. The molecule has 4 nitrogen and oxygen atoms in total. The molecule has 0 N–H and O–H groups in total. The highest BCUT2D eigenvalue weighted by Crippen LogP contribution is 2.44. The lowest BCUT2D eigenvalue weighted by Gasteiger charge is -2.26. The van der Waals surface area contributed by atoms with Crippen molar-refractivity contribution in [3.63, 3.8) is 0 Å². The zero-order chi connectivity index (χ0) is 25.8. The number of oxazole rings is 1. The monoisotopic (exact) mass is 502 g/mol. The maximum absolute atomic E-state index is 6.48. The highest BCUT2D eigenvalue weighted by Gasteiger charge is 2.22. The summed E-state index contributed by atoms with van der Waals surface area (Å²) in [5.41, 5.74) is 7.19. The third kappa shape index (κ3) is 3.50. The zero-order valence-corrected chi connectivity index (χ0v) is 20.9. The molecule has 0 aliphatic carbocycles. The molecule has 0 radical (unpaired) electrons. The summed E-state index contributed by atoms with van der Waals surface area (Å²) in [5.74, 6) is 0.601. The Hall–Kier alpha value is -5.35. The summed E-state index contributed by atoms with van der Waals surface area (Å²) >= 11 is 0. The molecule has 0 bridgehead atoms. The molecule has 8 rings (SSSR count). The van der Waals surface area contributed by atoms with Crippen molar-refractivity contribution in [2.24, 2.45) is 0 Å². The molecule has 39 heavy (non-hydrogen) atoms. The molecule has 8 aromatic rings. The van der Waals surface area contributed by atoms with Gasteiger partial charge in [0.2, 0.25) is 5.89 Å². The van der Waals surface area contributed by atoms with Gasteiger partial charge in [-0.15, -0.1) is 0 Å². The van der Waals surface area contributed by atoms with Gasteiger partial charge in [-0.3, -0.25) is 0 Å². The van der Waals surface area contributed by atoms with Crippen molar-refractivity contribution in [1.82, 2.24) is 4.98 Å². The zero-order valence-electron chi connectivity index (χ0n) is 20.9. The van der Waals surface area contributed by atoms with Crippen LogP contribution in [0.5, 0.6) is 0 Å². The van der Waals surface area contributed by atoms with Gasteiger partial charge in [0.1, 0.15) is 16.7 Å². The number of hydrogen-bond donors (Lipinski definition) is 0. The maximum Gasteiger partial charge on any atom is 0.227 e. The number of furan rings is 1. The van der Waals surface area contributed by atoms with Crippen molar-refractivity contribution >= 4 is 60.9 Å². The standard InChI is InChI=1S/C35H22N2O2/c1-3-11-23(12-4-1)35-36-33-30(21-24-13-7-8-16-27(24)34(33)39-35)37(25-14-5-2-6-15-25)26-19-20-29-28-17-9-10-18-31(28)38-32(29)22-26/h1-22H. The quantitative estimate of drug-likeness (QED) is 0.240. The molecule has 184 valence electrons. The number of rotatable bonds is 4. The Balaban J connectivity index is 1.43. The van der Waals surface area contributed by atoms with Gasteiger partial charge in [0.05, 0.1) is 5.69 Å². The van der Waals surface area contributed by atoms with E-state index in [1.807, 2.05) is 60.7 Å². The number of para-hydroxylation sites is 2. The summed E-state index contributed by atoms with van der Waals surface area (Å²) in [4.78, 5) is 7.31. The Morgan fingerprint density at radius 3 is 2.05 bits per heavy atom. The second-order valence-corrected chi connectivity index (χ2v) is 9.63. The summed E-state index contributed by atoms with van der Waals surface area (Å²) in [6.07, 6.45) is 0. The van der Waals surface area contributed by atoms with Gasteiger partial charge in [-0.25, -0.2) is 4.98 Å². The van der Waals surface area contributed by atoms with Crippen LogP contribution in [-0.2, 0) is 0 Å². The fourth-order valence-corrected chi connectivity index (χ4v) is 5.45. The van der Waals surface area contributed by atoms with Gasteiger partial charge in [-0.2, -0.15) is 0 Å². The summed E-state index contributed by atoms with van der Waals surface area (Å²) in [6, 6.07) is 45.5. The normalized spacial score (nSPS) is 11.6. The van der Waals surface area contributed by atoms with Crippen LogP contribution in [0, 0.1) is 0 Å². The highest BCUT2D eigenvalue weighted by molar-refractivity contribution is 6.12. The number of anilines is 3. The average Bonchev–Trinajstić information content (AvgIpc) is 3.61. The van der Waals surface area contributed by atoms with Gasteiger partial charge in [0, 0.05) is 39.2 Å². The number of hydrogen-bond acceptors (Lipinski definition) is 4. The van der Waals surface area contributed by atoms with Crippen molar-refractivity contribution in [2.75, 3.05) is 4.90 Å². The van der Waals surface area contributed by atoms with E-state index in [2.05, 4.69) is 77.7 Å². The molecule has 0 spiro atoms. The molecule has 2 heterocycles. The van der Waals surface area contributed by atoms with E-state index in [0.717, 1.165) is 66.4 Å². The van der Waals surface area contributed by atoms with Crippen LogP contribution >= 0.6 is 0 Å². The molecule has 0 atom stereocenters. The smallest absolute Gasteiger partial charge is 0.227 e. The van der Waals surface area contributed by atoms with E-state index in [4.69, 9.17) is 13.8 Å². The van der Waals surface area contributed by atoms with E-state index < -0.39 is 0 Å². The number of benzene rings is 6. The van der Waals surface area contributed by atoms with E-state index in [1.54, 1.807) is 0 Å². The van der Waals surface area contributed by atoms with E-state index in [-0.39, 0.29) is 0 Å². The number of aromatic nitrogens is 1. The predicted octanol–water partition coefficient (Wildman–Crippen LogP) is 10.0. The molecule has 0 saturated carbocycles. The van der Waals surface area contributed by atoms with E-state index in [9.17, 15) is 0 Å². The third-order valence-corrected chi connectivity index (χ3v) is 7.26. The van der Waals surface area contributed by atoms with Crippen LogP contribution in [0.4, 0.5) is 17.1 Å². The molecule has 0 amide bonds. The second-order valence-electron chi connectivity index (χ2n) is 9.63. The molecule has 0 aliphatic rings. The summed E-state index contributed by atoms with van der Waals surface area (Å²) < 4.78 is 12.8. The van der Waals surface area contributed by atoms with Crippen molar-refractivity contribution in [2.45, 2.75) is 0 Å². The lowest BCUT2D eigenvalue weighted by molar-refractivity contribution is 0.623. The topological polar surface area (TPSA) is 42.4 Å². The first-order valence-electron chi connectivity index (χ1n) is 13.0. The van der Waals surface area contributed by atoms with Crippen LogP contribution in [-0.4, -0.2) is 4.98 Å². The van der Waals surface area contributed by atoms with Crippen LogP contribution in [0.2, 0.25) is 0 Å². The van der Waals surface area contributed by atoms with Crippen molar-refractivity contribution in [1.29, 1.82) is 0 Å². The van der Waals surface area contributed by atoms with Crippen LogP contribution < -0.4 is 4.90 Å². The van der Waals surface area contributed by atoms with Gasteiger partial charge in [0.15, 0.2) is 5.58 Å². The van der Waals surface area contributed by atoms with Gasteiger partial charge < -0.3 is 13.7 Å². The summed E-state index contributed by atoms with van der Waals surface area (Å²) in [6.45, 7) is 0. The van der Waals surface area contributed by atoms with E-state index in [1.165, 1.54) is 0 Å². The fourth-order valence-electron chi connectivity index (χ4n) is 5.45. The Morgan fingerprint density at radius 2 is 1.21 bits per heavy atom. The minimum Gasteiger partial charge on any atom is -0.456 e. The van der Waals surface area contributed by atoms with E-state index >= 15 is 0 Å². The molecule has 0 fully saturated rings.